The van der Waals surface area contributed by atoms with Crippen molar-refractivity contribution in [3.63, 3.8) is 0 Å². The van der Waals surface area contributed by atoms with Crippen LogP contribution in [0, 0.1) is 5.82 Å². The van der Waals surface area contributed by atoms with Gasteiger partial charge in [-0.15, -0.1) is 0 Å². The third-order valence-corrected chi connectivity index (χ3v) is 4.46. The summed E-state index contributed by atoms with van der Waals surface area (Å²) < 4.78 is 13.2. The Kier molecular flexibility index (Phi) is 5.26. The second kappa shape index (κ2) is 7.58. The first kappa shape index (κ1) is 16.7. The average Bonchev–Trinajstić information content (AvgIpc) is 2.55. The number of carbonyl (C=O) groups is 1. The Balaban J connectivity index is 1.56. The zero-order chi connectivity index (χ0) is 16.9. The number of hydrogen-bond acceptors (Lipinski definition) is 2. The van der Waals surface area contributed by atoms with E-state index in [4.69, 9.17) is 0 Å². The van der Waals surface area contributed by atoms with Gasteiger partial charge < -0.3 is 5.32 Å². The summed E-state index contributed by atoms with van der Waals surface area (Å²) >= 11 is 0. The molecule has 1 aliphatic rings. The Bertz CT molecular complexity index is 716. The number of likely N-dealkylation sites (N-methyl/N-ethyl adjacent to an activating group) is 1. The minimum atomic E-state index is -0.246. The number of amides is 1. The Morgan fingerprint density at radius 3 is 2.92 bits per heavy atom. The van der Waals surface area contributed by atoms with Gasteiger partial charge in [-0.25, -0.2) is 4.39 Å². The van der Waals surface area contributed by atoms with E-state index in [1.165, 1.54) is 23.3 Å². The lowest BCUT2D eigenvalue weighted by atomic mass is 9.88. The van der Waals surface area contributed by atoms with E-state index in [0.29, 0.717) is 13.1 Å². The highest BCUT2D eigenvalue weighted by Crippen LogP contribution is 2.29. The normalized spacial score (nSPS) is 16.7. The highest BCUT2D eigenvalue weighted by molar-refractivity contribution is 5.78. The first-order valence-corrected chi connectivity index (χ1v) is 8.42. The molecule has 24 heavy (non-hydrogen) atoms. The van der Waals surface area contributed by atoms with Crippen molar-refractivity contribution in [2.75, 3.05) is 13.6 Å². The average molecular weight is 326 g/mol. The van der Waals surface area contributed by atoms with Gasteiger partial charge in [0.15, 0.2) is 0 Å². The molecule has 1 aliphatic carbocycles. The van der Waals surface area contributed by atoms with E-state index in [1.807, 2.05) is 24.1 Å². The van der Waals surface area contributed by atoms with Crippen molar-refractivity contribution in [1.29, 1.82) is 0 Å². The number of halogens is 1. The van der Waals surface area contributed by atoms with Crippen LogP contribution in [0.4, 0.5) is 4.39 Å². The van der Waals surface area contributed by atoms with Crippen molar-refractivity contribution in [2.45, 2.75) is 31.8 Å². The van der Waals surface area contributed by atoms with E-state index in [2.05, 4.69) is 23.5 Å². The lowest BCUT2D eigenvalue weighted by Crippen LogP contribution is -2.38. The molecule has 2 aromatic rings. The van der Waals surface area contributed by atoms with E-state index in [9.17, 15) is 9.18 Å². The standard InChI is InChI=1S/C20H23FN2O/c1-23(13-15-6-4-9-17(21)12-15)14-20(24)22-19-11-5-8-16-7-2-3-10-18(16)19/h2-4,6-7,9-10,12,19H,5,8,11,13-14H2,1H3,(H,22,24)/t19-/m0/s1. The molecule has 0 spiro atoms. The van der Waals surface area contributed by atoms with Crippen LogP contribution in [-0.2, 0) is 17.8 Å². The van der Waals surface area contributed by atoms with Gasteiger partial charge in [0, 0.05) is 6.54 Å². The minimum Gasteiger partial charge on any atom is -0.348 e. The molecule has 0 saturated heterocycles. The Hall–Kier alpha value is -2.20. The Morgan fingerprint density at radius 1 is 1.25 bits per heavy atom. The molecule has 0 heterocycles. The lowest BCUT2D eigenvalue weighted by molar-refractivity contribution is -0.122. The van der Waals surface area contributed by atoms with Gasteiger partial charge in [0.05, 0.1) is 12.6 Å². The fraction of sp³-hybridized carbons (Fsp3) is 0.350. The zero-order valence-electron chi connectivity index (χ0n) is 14.0. The van der Waals surface area contributed by atoms with Crippen molar-refractivity contribution in [3.8, 4) is 0 Å². The zero-order valence-corrected chi connectivity index (χ0v) is 14.0. The molecule has 0 unspecified atom stereocenters. The number of carbonyl (C=O) groups excluding carboxylic acids is 1. The molecular formula is C20H23FN2O. The molecule has 126 valence electrons. The SMILES string of the molecule is CN(CC(=O)N[C@H]1CCCc2ccccc21)Cc1cccc(F)c1. The number of nitrogens with zero attached hydrogens (tertiary/aromatic N) is 1. The first-order valence-electron chi connectivity index (χ1n) is 8.42. The molecule has 0 radical (unpaired) electrons. The van der Waals surface area contributed by atoms with Crippen LogP contribution < -0.4 is 5.32 Å². The summed E-state index contributed by atoms with van der Waals surface area (Å²) in [6.45, 7) is 0.849. The monoisotopic (exact) mass is 326 g/mol. The smallest absolute Gasteiger partial charge is 0.234 e. The van der Waals surface area contributed by atoms with Crippen molar-refractivity contribution in [3.05, 3.63) is 71.0 Å². The van der Waals surface area contributed by atoms with Gasteiger partial charge in [0.1, 0.15) is 5.82 Å². The molecule has 0 fully saturated rings. The van der Waals surface area contributed by atoms with E-state index >= 15 is 0 Å². The van der Waals surface area contributed by atoms with Crippen LogP contribution in [-0.4, -0.2) is 24.4 Å². The summed E-state index contributed by atoms with van der Waals surface area (Å²) in [6.07, 6.45) is 3.17. The summed E-state index contributed by atoms with van der Waals surface area (Å²) in [5.41, 5.74) is 3.44. The Labute approximate surface area is 142 Å². The number of benzene rings is 2. The predicted molar refractivity (Wildman–Crippen MR) is 93.0 cm³/mol. The molecule has 0 saturated carbocycles. The number of rotatable bonds is 5. The topological polar surface area (TPSA) is 32.3 Å². The number of nitrogens with one attached hydrogen (secondary N) is 1. The molecule has 1 N–H and O–H groups in total. The van der Waals surface area contributed by atoms with Crippen molar-refractivity contribution < 1.29 is 9.18 Å². The fourth-order valence-corrected chi connectivity index (χ4v) is 3.39. The van der Waals surface area contributed by atoms with Crippen LogP contribution in [0.15, 0.2) is 48.5 Å². The molecular weight excluding hydrogens is 303 g/mol. The van der Waals surface area contributed by atoms with Gasteiger partial charge >= 0.3 is 0 Å². The summed E-state index contributed by atoms with van der Waals surface area (Å²) in [5, 5.41) is 3.15. The van der Waals surface area contributed by atoms with Crippen LogP contribution in [0.25, 0.3) is 0 Å². The molecule has 4 heteroatoms. The molecule has 0 bridgehead atoms. The maximum absolute atomic E-state index is 13.2. The molecule has 3 nitrogen and oxygen atoms in total. The minimum absolute atomic E-state index is 0.00982. The molecule has 0 aromatic heterocycles. The van der Waals surface area contributed by atoms with Gasteiger partial charge in [0.2, 0.25) is 5.91 Å². The summed E-state index contributed by atoms with van der Waals surface area (Å²) in [6, 6.07) is 14.9. The highest BCUT2D eigenvalue weighted by atomic mass is 19.1. The summed E-state index contributed by atoms with van der Waals surface area (Å²) in [4.78, 5) is 14.3. The second-order valence-electron chi connectivity index (χ2n) is 6.51. The predicted octanol–water partition coefficient (Wildman–Crippen LogP) is 3.45. The number of aryl methyl sites for hydroxylation is 1. The maximum Gasteiger partial charge on any atom is 0.234 e. The van der Waals surface area contributed by atoms with E-state index in [1.54, 1.807) is 6.07 Å². The number of fused-ring (bicyclic) bond motifs is 1. The van der Waals surface area contributed by atoms with E-state index in [-0.39, 0.29) is 17.8 Å². The van der Waals surface area contributed by atoms with Crippen molar-refractivity contribution in [1.82, 2.24) is 10.2 Å². The highest BCUT2D eigenvalue weighted by Gasteiger charge is 2.21. The molecule has 1 atom stereocenters. The molecule has 1 amide bonds. The quantitative estimate of drug-likeness (QED) is 0.913. The largest absolute Gasteiger partial charge is 0.348 e. The van der Waals surface area contributed by atoms with Gasteiger partial charge in [-0.05, 0) is 55.1 Å². The Morgan fingerprint density at radius 2 is 2.08 bits per heavy atom. The van der Waals surface area contributed by atoms with Crippen LogP contribution in [0.2, 0.25) is 0 Å². The van der Waals surface area contributed by atoms with Crippen LogP contribution in [0.1, 0.15) is 35.6 Å². The van der Waals surface area contributed by atoms with Gasteiger partial charge in [-0.3, -0.25) is 9.69 Å². The van der Waals surface area contributed by atoms with Gasteiger partial charge in [0.25, 0.3) is 0 Å². The summed E-state index contributed by atoms with van der Waals surface area (Å²) in [5.74, 6) is -0.236. The van der Waals surface area contributed by atoms with Crippen LogP contribution >= 0.6 is 0 Å². The fourth-order valence-electron chi connectivity index (χ4n) is 3.39. The molecule has 3 rings (SSSR count). The van der Waals surface area contributed by atoms with Crippen molar-refractivity contribution in [2.24, 2.45) is 0 Å². The third kappa shape index (κ3) is 4.20. The number of hydrogen-bond donors (Lipinski definition) is 1. The van der Waals surface area contributed by atoms with Gasteiger partial charge in [-0.1, -0.05) is 36.4 Å². The second-order valence-corrected chi connectivity index (χ2v) is 6.51. The first-order chi connectivity index (χ1) is 11.6. The molecule has 0 aliphatic heterocycles. The van der Waals surface area contributed by atoms with Gasteiger partial charge in [-0.2, -0.15) is 0 Å². The maximum atomic E-state index is 13.2. The van der Waals surface area contributed by atoms with E-state index in [0.717, 1.165) is 24.8 Å². The van der Waals surface area contributed by atoms with Crippen LogP contribution in [0.3, 0.4) is 0 Å². The third-order valence-electron chi connectivity index (χ3n) is 4.46. The van der Waals surface area contributed by atoms with E-state index < -0.39 is 0 Å². The van der Waals surface area contributed by atoms with Crippen molar-refractivity contribution >= 4 is 5.91 Å². The summed E-state index contributed by atoms with van der Waals surface area (Å²) in [7, 11) is 1.87. The lowest BCUT2D eigenvalue weighted by Gasteiger charge is -2.27. The van der Waals surface area contributed by atoms with Crippen LogP contribution in [0.5, 0.6) is 0 Å². The molecule has 2 aromatic carbocycles.